The van der Waals surface area contributed by atoms with Crippen LogP contribution in [0.1, 0.15) is 0 Å². The third-order valence-electron chi connectivity index (χ3n) is 1.71. The lowest BCUT2D eigenvalue weighted by Gasteiger charge is -1.91. The summed E-state index contributed by atoms with van der Waals surface area (Å²) < 4.78 is 5.25. The number of aliphatic imine (C=N–C) groups is 1. The Morgan fingerprint density at radius 2 is 2.33 bits per heavy atom. The van der Waals surface area contributed by atoms with Crippen LogP contribution in [0.2, 0.25) is 0 Å². The molecule has 0 atom stereocenters. The lowest BCUT2D eigenvalue weighted by atomic mass is 10.3. The van der Waals surface area contributed by atoms with Gasteiger partial charge in [0.05, 0.1) is 0 Å². The van der Waals surface area contributed by atoms with Gasteiger partial charge in [-0.3, -0.25) is 10.1 Å². The minimum atomic E-state index is -0.0587. The number of aromatic nitrogens is 1. The number of para-hydroxylation sites is 2. The molecule has 0 saturated heterocycles. The number of amides is 1. The molecule has 76 valence electrons. The Morgan fingerprint density at radius 3 is 3.07 bits per heavy atom. The summed E-state index contributed by atoms with van der Waals surface area (Å²) >= 11 is 0. The molecule has 0 radical (unpaired) electrons. The van der Waals surface area contributed by atoms with E-state index in [1.165, 1.54) is 0 Å². The molecule has 3 N–H and O–H groups in total. The van der Waals surface area contributed by atoms with Gasteiger partial charge in [0, 0.05) is 0 Å². The molecule has 0 bridgehead atoms. The average molecular weight is 204 g/mol. The highest BCUT2D eigenvalue weighted by molar-refractivity contribution is 5.88. The first kappa shape index (κ1) is 9.20. The third kappa shape index (κ3) is 1.93. The van der Waals surface area contributed by atoms with Crippen molar-refractivity contribution in [3.63, 3.8) is 0 Å². The van der Waals surface area contributed by atoms with E-state index in [0.29, 0.717) is 17.5 Å². The summed E-state index contributed by atoms with van der Waals surface area (Å²) in [5.74, 6) is -0.0587. The molecule has 6 heteroatoms. The molecule has 0 aliphatic carbocycles. The molecule has 0 aliphatic rings. The van der Waals surface area contributed by atoms with E-state index in [0.717, 1.165) is 0 Å². The maximum absolute atomic E-state index is 10.1. The largest absolute Gasteiger partial charge is 0.422 e. The lowest BCUT2D eigenvalue weighted by molar-refractivity contribution is -0.108. The first-order valence-corrected chi connectivity index (χ1v) is 4.19. The lowest BCUT2D eigenvalue weighted by Crippen LogP contribution is -2.29. The summed E-state index contributed by atoms with van der Waals surface area (Å²) in [6.45, 7) is 0. The molecule has 0 aliphatic heterocycles. The van der Waals surface area contributed by atoms with Crippen molar-refractivity contribution in [2.75, 3.05) is 0 Å². The van der Waals surface area contributed by atoms with Crippen molar-refractivity contribution in [3.05, 3.63) is 24.3 Å². The zero-order valence-electron chi connectivity index (χ0n) is 7.68. The van der Waals surface area contributed by atoms with Gasteiger partial charge in [-0.2, -0.15) is 9.98 Å². The van der Waals surface area contributed by atoms with Crippen molar-refractivity contribution in [1.82, 2.24) is 10.3 Å². The zero-order chi connectivity index (χ0) is 10.7. The Hall–Kier alpha value is -2.37. The van der Waals surface area contributed by atoms with E-state index >= 15 is 0 Å². The van der Waals surface area contributed by atoms with Gasteiger partial charge in [0.2, 0.25) is 12.4 Å². The summed E-state index contributed by atoms with van der Waals surface area (Å²) in [5.41, 5.74) is 6.66. The van der Waals surface area contributed by atoms with Gasteiger partial charge in [-0.15, -0.1) is 0 Å². The van der Waals surface area contributed by atoms with Crippen LogP contribution in [0.4, 0.5) is 6.01 Å². The van der Waals surface area contributed by atoms with Crippen LogP contribution in [0, 0.1) is 0 Å². The van der Waals surface area contributed by atoms with E-state index < -0.39 is 0 Å². The number of carbonyl (C=O) groups excluding carboxylic acids is 1. The molecule has 1 aromatic carbocycles. The van der Waals surface area contributed by atoms with Gasteiger partial charge in [0.25, 0.3) is 0 Å². The Kier molecular flexibility index (Phi) is 2.32. The molecule has 0 unspecified atom stereocenters. The fraction of sp³-hybridized carbons (Fsp3) is 0. The molecule has 0 fully saturated rings. The van der Waals surface area contributed by atoms with Gasteiger partial charge in [0.15, 0.2) is 5.58 Å². The summed E-state index contributed by atoms with van der Waals surface area (Å²) in [7, 11) is 0. The standard InChI is InChI=1S/C9H8N4O2/c10-8(11-5-14)13-9-12-6-3-1-2-4-7(6)15-9/h1-5H,(H3,10,11,12,13,14). The van der Waals surface area contributed by atoms with Crippen molar-refractivity contribution >= 4 is 29.5 Å². The fourth-order valence-electron chi connectivity index (χ4n) is 1.10. The second-order valence-electron chi connectivity index (χ2n) is 2.72. The Balaban J connectivity index is 2.37. The van der Waals surface area contributed by atoms with Crippen LogP contribution in [0.5, 0.6) is 0 Å². The molecular weight excluding hydrogens is 196 g/mol. The van der Waals surface area contributed by atoms with E-state index in [9.17, 15) is 4.79 Å². The van der Waals surface area contributed by atoms with Crippen molar-refractivity contribution < 1.29 is 9.21 Å². The highest BCUT2D eigenvalue weighted by Crippen LogP contribution is 2.19. The van der Waals surface area contributed by atoms with E-state index in [1.54, 1.807) is 12.1 Å². The number of fused-ring (bicyclic) bond motifs is 1. The topological polar surface area (TPSA) is 93.5 Å². The van der Waals surface area contributed by atoms with Gasteiger partial charge in [-0.05, 0) is 12.1 Å². The van der Waals surface area contributed by atoms with Crippen LogP contribution in [-0.2, 0) is 4.79 Å². The fourth-order valence-corrected chi connectivity index (χ4v) is 1.10. The summed E-state index contributed by atoms with van der Waals surface area (Å²) in [5, 5.41) is 2.19. The van der Waals surface area contributed by atoms with Gasteiger partial charge >= 0.3 is 6.01 Å². The smallest absolute Gasteiger partial charge is 0.325 e. The first-order valence-electron chi connectivity index (χ1n) is 4.19. The number of nitrogens with zero attached hydrogens (tertiary/aromatic N) is 2. The number of nitrogens with two attached hydrogens (primary N) is 1. The predicted octanol–water partition coefficient (Wildman–Crippen LogP) is 0.520. The Labute approximate surface area is 84.8 Å². The number of benzene rings is 1. The number of oxazole rings is 1. The van der Waals surface area contributed by atoms with Crippen molar-refractivity contribution in [1.29, 1.82) is 0 Å². The predicted molar refractivity (Wildman–Crippen MR) is 54.5 cm³/mol. The van der Waals surface area contributed by atoms with Crippen LogP contribution in [-0.4, -0.2) is 17.4 Å². The van der Waals surface area contributed by atoms with Crippen molar-refractivity contribution in [3.8, 4) is 0 Å². The second kappa shape index (κ2) is 3.79. The molecule has 6 nitrogen and oxygen atoms in total. The van der Waals surface area contributed by atoms with E-state index in [2.05, 4.69) is 15.3 Å². The number of hydrogen-bond acceptors (Lipinski definition) is 4. The highest BCUT2D eigenvalue weighted by atomic mass is 16.4. The van der Waals surface area contributed by atoms with E-state index in [1.807, 2.05) is 12.1 Å². The molecule has 0 spiro atoms. The van der Waals surface area contributed by atoms with Crippen LogP contribution >= 0.6 is 0 Å². The van der Waals surface area contributed by atoms with Gasteiger partial charge in [-0.25, -0.2) is 0 Å². The zero-order valence-corrected chi connectivity index (χ0v) is 7.68. The summed E-state index contributed by atoms with van der Waals surface area (Å²) in [6.07, 6.45) is 0.432. The SMILES string of the molecule is N/C(=N\c1nc2ccccc2o1)NC=O. The van der Waals surface area contributed by atoms with Crippen LogP contribution in [0.25, 0.3) is 11.1 Å². The number of rotatable bonds is 2. The Morgan fingerprint density at radius 1 is 1.53 bits per heavy atom. The maximum Gasteiger partial charge on any atom is 0.325 e. The molecule has 15 heavy (non-hydrogen) atoms. The molecular formula is C9H8N4O2. The normalized spacial score (nSPS) is 11.6. The molecule has 2 aromatic rings. The average Bonchev–Trinajstić information content (AvgIpc) is 2.59. The number of carbonyl (C=O) groups is 1. The molecule has 0 saturated carbocycles. The van der Waals surface area contributed by atoms with Crippen LogP contribution in [0.15, 0.2) is 33.7 Å². The summed E-state index contributed by atoms with van der Waals surface area (Å²) in [4.78, 5) is 17.9. The first-order chi connectivity index (χ1) is 7.29. The molecule has 1 amide bonds. The van der Waals surface area contributed by atoms with Crippen molar-refractivity contribution in [2.24, 2.45) is 10.7 Å². The van der Waals surface area contributed by atoms with Crippen LogP contribution < -0.4 is 11.1 Å². The Bertz CT molecular complexity index is 485. The minimum Gasteiger partial charge on any atom is -0.422 e. The van der Waals surface area contributed by atoms with E-state index in [4.69, 9.17) is 10.2 Å². The highest BCUT2D eigenvalue weighted by Gasteiger charge is 2.03. The quantitative estimate of drug-likeness (QED) is 0.423. The van der Waals surface area contributed by atoms with Gasteiger partial charge < -0.3 is 10.2 Å². The molecule has 2 rings (SSSR count). The maximum atomic E-state index is 10.1. The van der Waals surface area contributed by atoms with Crippen LogP contribution in [0.3, 0.4) is 0 Å². The molecule has 1 heterocycles. The summed E-state index contributed by atoms with van der Waals surface area (Å²) in [6, 6.07) is 7.34. The number of guanidine groups is 1. The number of hydrogen-bond donors (Lipinski definition) is 2. The third-order valence-corrected chi connectivity index (χ3v) is 1.71. The number of nitrogens with one attached hydrogen (secondary N) is 1. The monoisotopic (exact) mass is 204 g/mol. The van der Waals surface area contributed by atoms with E-state index in [-0.39, 0.29) is 12.0 Å². The van der Waals surface area contributed by atoms with Gasteiger partial charge in [0.1, 0.15) is 5.52 Å². The van der Waals surface area contributed by atoms with Gasteiger partial charge in [-0.1, -0.05) is 12.1 Å². The second-order valence-corrected chi connectivity index (χ2v) is 2.72. The molecule has 1 aromatic heterocycles. The minimum absolute atomic E-state index is 0.0587. The van der Waals surface area contributed by atoms with Crippen molar-refractivity contribution in [2.45, 2.75) is 0 Å².